The average molecular weight is 423 g/mol. The third-order valence-electron chi connectivity index (χ3n) is 4.52. The summed E-state index contributed by atoms with van der Waals surface area (Å²) in [6.07, 6.45) is 7.20. The van der Waals surface area contributed by atoms with Crippen LogP contribution in [0.15, 0.2) is 71.6 Å². The van der Waals surface area contributed by atoms with Gasteiger partial charge >= 0.3 is 0 Å². The zero-order valence-corrected chi connectivity index (χ0v) is 16.2. The van der Waals surface area contributed by atoms with E-state index < -0.39 is 0 Å². The molecule has 6 heteroatoms. The third-order valence-corrected chi connectivity index (χ3v) is 5.05. The maximum atomic E-state index is 12.3. The van der Waals surface area contributed by atoms with Gasteiger partial charge in [0.05, 0.1) is 17.4 Å². The van der Waals surface area contributed by atoms with Crippen molar-refractivity contribution < 1.29 is 4.79 Å². The van der Waals surface area contributed by atoms with Gasteiger partial charge in [0.1, 0.15) is 0 Å². The number of hydrogen-bond acceptors (Lipinski definition) is 2. The van der Waals surface area contributed by atoms with Gasteiger partial charge in [0.25, 0.3) is 5.91 Å². The number of nitrogens with one attached hydrogen (secondary N) is 2. The topological polar surface area (TPSA) is 62.7 Å². The monoisotopic (exact) mass is 422 g/mol. The van der Waals surface area contributed by atoms with Crippen LogP contribution in [-0.4, -0.2) is 27.2 Å². The first-order valence-electron chi connectivity index (χ1n) is 8.84. The molecule has 4 aromatic rings. The highest BCUT2D eigenvalue weighted by atomic mass is 79.9. The Morgan fingerprint density at radius 1 is 1.15 bits per heavy atom. The van der Waals surface area contributed by atoms with Crippen molar-refractivity contribution in [2.45, 2.75) is 12.8 Å². The second-order valence-electron chi connectivity index (χ2n) is 6.37. The lowest BCUT2D eigenvalue weighted by Gasteiger charge is -2.04. The lowest BCUT2D eigenvalue weighted by molar-refractivity contribution is 0.0953. The normalized spacial score (nSPS) is 11.0. The van der Waals surface area contributed by atoms with Crippen molar-refractivity contribution in [3.05, 3.63) is 82.7 Å². The molecule has 0 aliphatic carbocycles. The fourth-order valence-electron chi connectivity index (χ4n) is 3.10. The van der Waals surface area contributed by atoms with Crippen molar-refractivity contribution in [2.24, 2.45) is 0 Å². The number of para-hydroxylation sites is 1. The third kappa shape index (κ3) is 3.95. The number of carbonyl (C=O) groups is 1. The number of hydrogen-bond donors (Lipinski definition) is 2. The number of amides is 1. The smallest absolute Gasteiger partial charge is 0.254 e. The molecule has 0 spiro atoms. The highest BCUT2D eigenvalue weighted by molar-refractivity contribution is 9.10. The van der Waals surface area contributed by atoms with Crippen LogP contribution in [0.2, 0.25) is 0 Å². The number of halogens is 1. The highest BCUT2D eigenvalue weighted by Crippen LogP contribution is 2.19. The number of aromatic nitrogens is 3. The molecule has 2 aromatic heterocycles. The lowest BCUT2D eigenvalue weighted by atomic mass is 10.1. The largest absolute Gasteiger partial charge is 0.361 e. The Hall–Kier alpha value is -2.86. The number of rotatable bonds is 6. The molecule has 0 radical (unpaired) electrons. The summed E-state index contributed by atoms with van der Waals surface area (Å²) in [5.41, 5.74) is 3.90. The van der Waals surface area contributed by atoms with Crippen molar-refractivity contribution in [1.82, 2.24) is 20.1 Å². The van der Waals surface area contributed by atoms with E-state index in [-0.39, 0.29) is 5.91 Å². The van der Waals surface area contributed by atoms with Crippen LogP contribution in [-0.2, 0) is 6.42 Å². The van der Waals surface area contributed by atoms with Gasteiger partial charge in [-0.25, -0.2) is 4.68 Å². The number of aromatic amines is 1. The molecule has 0 fully saturated rings. The predicted molar refractivity (Wildman–Crippen MR) is 110 cm³/mol. The van der Waals surface area contributed by atoms with Crippen LogP contribution < -0.4 is 5.32 Å². The molecule has 1 amide bonds. The van der Waals surface area contributed by atoms with Gasteiger partial charge in [-0.05, 0) is 48.7 Å². The highest BCUT2D eigenvalue weighted by Gasteiger charge is 2.09. The number of fused-ring (bicyclic) bond motifs is 1. The van der Waals surface area contributed by atoms with Crippen molar-refractivity contribution in [2.75, 3.05) is 6.54 Å². The van der Waals surface area contributed by atoms with E-state index in [2.05, 4.69) is 49.7 Å². The zero-order chi connectivity index (χ0) is 18.6. The number of benzene rings is 2. The van der Waals surface area contributed by atoms with Crippen LogP contribution in [0, 0.1) is 0 Å². The Labute approximate surface area is 165 Å². The van der Waals surface area contributed by atoms with Crippen LogP contribution >= 0.6 is 15.9 Å². The zero-order valence-electron chi connectivity index (χ0n) is 14.7. The van der Waals surface area contributed by atoms with Gasteiger partial charge in [-0.2, -0.15) is 5.10 Å². The molecule has 2 N–H and O–H groups in total. The fourth-order valence-corrected chi connectivity index (χ4v) is 3.36. The average Bonchev–Trinajstić information content (AvgIpc) is 3.33. The molecule has 4 rings (SSSR count). The maximum absolute atomic E-state index is 12.3. The first-order valence-corrected chi connectivity index (χ1v) is 9.64. The Morgan fingerprint density at radius 3 is 2.81 bits per heavy atom. The lowest BCUT2D eigenvalue weighted by Crippen LogP contribution is -2.24. The summed E-state index contributed by atoms with van der Waals surface area (Å²) < 4.78 is 2.71. The van der Waals surface area contributed by atoms with Crippen molar-refractivity contribution in [3.8, 4) is 5.69 Å². The summed E-state index contributed by atoms with van der Waals surface area (Å²) in [5.74, 6) is -0.0997. The van der Waals surface area contributed by atoms with E-state index in [4.69, 9.17) is 0 Å². The minimum Gasteiger partial charge on any atom is -0.361 e. The van der Waals surface area contributed by atoms with Crippen LogP contribution in [0.3, 0.4) is 0 Å². The molecule has 0 unspecified atom stereocenters. The van der Waals surface area contributed by atoms with Crippen LogP contribution in [0.1, 0.15) is 22.3 Å². The Balaban J connectivity index is 1.31. The van der Waals surface area contributed by atoms with Crippen molar-refractivity contribution in [1.29, 1.82) is 0 Å². The molecule has 5 nitrogen and oxygen atoms in total. The van der Waals surface area contributed by atoms with Gasteiger partial charge in [-0.15, -0.1) is 0 Å². The van der Waals surface area contributed by atoms with Gasteiger partial charge < -0.3 is 10.3 Å². The number of nitrogens with zero attached hydrogens (tertiary/aromatic N) is 2. The van der Waals surface area contributed by atoms with Crippen molar-refractivity contribution >= 4 is 32.7 Å². The molecule has 0 bridgehead atoms. The second-order valence-corrected chi connectivity index (χ2v) is 7.28. The maximum Gasteiger partial charge on any atom is 0.254 e. The summed E-state index contributed by atoms with van der Waals surface area (Å²) in [5, 5.41) is 8.50. The van der Waals surface area contributed by atoms with E-state index in [9.17, 15) is 4.79 Å². The van der Waals surface area contributed by atoms with Crippen LogP contribution in [0.4, 0.5) is 0 Å². The Bertz CT molecular complexity index is 1070. The van der Waals surface area contributed by atoms with Gasteiger partial charge in [0.15, 0.2) is 0 Å². The van der Waals surface area contributed by atoms with Crippen LogP contribution in [0.25, 0.3) is 16.6 Å². The SMILES string of the molecule is O=C(NCCCc1c[nH]c2ccccc12)c1cnn(-c2ccc(Br)cc2)c1. The summed E-state index contributed by atoms with van der Waals surface area (Å²) in [7, 11) is 0. The summed E-state index contributed by atoms with van der Waals surface area (Å²) in [4.78, 5) is 15.6. The van der Waals surface area contributed by atoms with Gasteiger partial charge in [-0.1, -0.05) is 34.1 Å². The van der Waals surface area contributed by atoms with Crippen molar-refractivity contribution in [3.63, 3.8) is 0 Å². The van der Waals surface area contributed by atoms with E-state index >= 15 is 0 Å². The minimum atomic E-state index is -0.0997. The second kappa shape index (κ2) is 7.80. The number of aryl methyl sites for hydroxylation is 1. The van der Waals surface area contributed by atoms with Crippen LogP contribution in [0.5, 0.6) is 0 Å². The molecule has 0 saturated heterocycles. The molecule has 136 valence electrons. The molecule has 2 aromatic carbocycles. The first kappa shape index (κ1) is 17.5. The van der Waals surface area contributed by atoms with E-state index in [1.54, 1.807) is 17.1 Å². The molecule has 0 aliphatic heterocycles. The Kier molecular flexibility index (Phi) is 5.07. The quantitative estimate of drug-likeness (QED) is 0.450. The predicted octanol–water partition coefficient (Wildman–Crippen LogP) is 4.48. The van der Waals surface area contributed by atoms with Gasteiger partial charge in [0.2, 0.25) is 0 Å². The van der Waals surface area contributed by atoms with E-state index in [1.807, 2.05) is 36.4 Å². The minimum absolute atomic E-state index is 0.0997. The van der Waals surface area contributed by atoms with E-state index in [0.717, 1.165) is 28.5 Å². The van der Waals surface area contributed by atoms with E-state index in [1.165, 1.54) is 10.9 Å². The molecular weight excluding hydrogens is 404 g/mol. The van der Waals surface area contributed by atoms with E-state index in [0.29, 0.717) is 12.1 Å². The summed E-state index contributed by atoms with van der Waals surface area (Å²) in [6.45, 7) is 0.627. The first-order chi connectivity index (χ1) is 13.2. The molecule has 0 aliphatic rings. The van der Waals surface area contributed by atoms with Gasteiger partial charge in [0, 0.05) is 34.3 Å². The summed E-state index contributed by atoms with van der Waals surface area (Å²) in [6, 6.07) is 16.0. The number of H-pyrrole nitrogens is 1. The summed E-state index contributed by atoms with van der Waals surface area (Å²) >= 11 is 3.41. The number of carbonyl (C=O) groups excluding carboxylic acids is 1. The molecule has 27 heavy (non-hydrogen) atoms. The molecular formula is C21H19BrN4O. The molecule has 2 heterocycles. The van der Waals surface area contributed by atoms with Gasteiger partial charge in [-0.3, -0.25) is 4.79 Å². The Morgan fingerprint density at radius 2 is 1.96 bits per heavy atom. The fraction of sp³-hybridized carbons (Fsp3) is 0.143. The molecule has 0 saturated carbocycles. The molecule has 0 atom stereocenters. The standard InChI is InChI=1S/C21H19BrN4O/c22-17-7-9-18(10-8-17)26-14-16(13-25-26)21(27)23-11-3-4-15-12-24-20-6-2-1-5-19(15)20/h1-2,5-10,12-14,24H,3-4,11H2,(H,23,27).